The number of imidazole rings is 1. The van der Waals surface area contributed by atoms with E-state index in [1.54, 1.807) is 4.57 Å². The number of hydrogen-bond acceptors (Lipinski definition) is 5. The summed E-state index contributed by atoms with van der Waals surface area (Å²) in [6, 6.07) is -0.0795. The van der Waals surface area contributed by atoms with E-state index in [0.717, 1.165) is 19.3 Å². The number of hydrogen-bond donors (Lipinski definition) is 2. The highest BCUT2D eigenvalue weighted by atomic mass is 16.6. The Labute approximate surface area is 136 Å². The third-order valence-electron chi connectivity index (χ3n) is 6.29. The van der Waals surface area contributed by atoms with Crippen LogP contribution in [0.4, 0.5) is 5.69 Å². The minimum Gasteiger partial charge on any atom is -0.390 e. The average molecular weight is 330 g/mol. The van der Waals surface area contributed by atoms with Crippen LogP contribution in [-0.2, 0) is 0 Å². The first-order valence-electron chi connectivity index (χ1n) is 8.40. The van der Waals surface area contributed by atoms with E-state index in [-0.39, 0.29) is 29.3 Å². The number of nitrogens with zero attached hydrogens (tertiary/aromatic N) is 3. The van der Waals surface area contributed by atoms with Crippen LogP contribution in [0.25, 0.3) is 11.0 Å². The fraction of sp³-hybridized carbons (Fsp3) is 0.625. The Balaban J connectivity index is 1.72. The molecular formula is C16H18N4O4. The number of aromatic amines is 1. The molecule has 2 aromatic rings. The van der Waals surface area contributed by atoms with Gasteiger partial charge in [0.15, 0.2) is 5.52 Å². The van der Waals surface area contributed by atoms with Gasteiger partial charge >= 0.3 is 11.4 Å². The topological polar surface area (TPSA) is 114 Å². The Morgan fingerprint density at radius 1 is 1.29 bits per heavy atom. The normalized spacial score (nSPS) is 37.2. The van der Waals surface area contributed by atoms with E-state index in [0.29, 0.717) is 29.8 Å². The molecule has 0 saturated heterocycles. The van der Waals surface area contributed by atoms with E-state index >= 15 is 0 Å². The van der Waals surface area contributed by atoms with E-state index in [2.05, 4.69) is 9.97 Å². The fourth-order valence-electron chi connectivity index (χ4n) is 5.86. The van der Waals surface area contributed by atoms with Gasteiger partial charge in [0, 0.05) is 6.04 Å². The zero-order valence-corrected chi connectivity index (χ0v) is 13.0. The molecule has 24 heavy (non-hydrogen) atoms. The van der Waals surface area contributed by atoms with Gasteiger partial charge in [-0.15, -0.1) is 0 Å². The number of aliphatic hydroxyl groups is 1. The number of nitrogens with one attached hydrogen (secondary N) is 1. The summed E-state index contributed by atoms with van der Waals surface area (Å²) in [7, 11) is 0. The molecule has 0 aromatic carbocycles. The van der Waals surface area contributed by atoms with Crippen LogP contribution in [0.2, 0.25) is 0 Å². The predicted octanol–water partition coefficient (Wildman–Crippen LogP) is 1.74. The Kier molecular flexibility index (Phi) is 2.62. The van der Waals surface area contributed by atoms with Gasteiger partial charge in [-0.05, 0) is 49.9 Å². The maximum Gasteiger partial charge on any atom is 0.326 e. The monoisotopic (exact) mass is 330 g/mol. The molecule has 126 valence electrons. The summed E-state index contributed by atoms with van der Waals surface area (Å²) in [6.07, 6.45) is 6.87. The molecule has 8 heteroatoms. The molecule has 0 amide bonds. The summed E-state index contributed by atoms with van der Waals surface area (Å²) < 4.78 is 1.59. The molecule has 4 fully saturated rings. The van der Waals surface area contributed by atoms with Gasteiger partial charge in [-0.3, -0.25) is 19.7 Å². The molecular weight excluding hydrogens is 312 g/mol. The second-order valence-electron chi connectivity index (χ2n) is 7.80. The van der Waals surface area contributed by atoms with E-state index < -0.39 is 10.5 Å². The molecule has 2 N–H and O–H groups in total. The summed E-state index contributed by atoms with van der Waals surface area (Å²) in [6.45, 7) is 0. The maximum absolute atomic E-state index is 12.6. The Morgan fingerprint density at radius 3 is 2.62 bits per heavy atom. The SMILES string of the molecule is O=c1[nH]c2cncc([N+](=O)[O-])c2n1C1C2CC3CC1CC(O)(C3)C2. The molecule has 0 aliphatic heterocycles. The number of aromatic nitrogens is 3. The second-order valence-corrected chi connectivity index (χ2v) is 7.80. The van der Waals surface area contributed by atoms with Crippen molar-refractivity contribution in [3.63, 3.8) is 0 Å². The van der Waals surface area contributed by atoms with Crippen LogP contribution < -0.4 is 5.69 Å². The maximum atomic E-state index is 12.6. The van der Waals surface area contributed by atoms with Crippen molar-refractivity contribution in [1.82, 2.24) is 14.5 Å². The van der Waals surface area contributed by atoms with Gasteiger partial charge in [-0.1, -0.05) is 0 Å². The zero-order chi connectivity index (χ0) is 16.6. The first kappa shape index (κ1) is 14.2. The smallest absolute Gasteiger partial charge is 0.326 e. The third kappa shape index (κ3) is 1.77. The molecule has 0 spiro atoms. The van der Waals surface area contributed by atoms with E-state index in [1.165, 1.54) is 12.4 Å². The van der Waals surface area contributed by atoms with Gasteiger partial charge in [0.25, 0.3) is 0 Å². The molecule has 4 aliphatic rings. The minimum atomic E-state index is -0.601. The van der Waals surface area contributed by atoms with E-state index in [4.69, 9.17) is 0 Å². The predicted molar refractivity (Wildman–Crippen MR) is 84.5 cm³/mol. The molecule has 0 radical (unpaired) electrons. The van der Waals surface area contributed by atoms with Gasteiger partial charge in [0.05, 0.1) is 22.2 Å². The lowest BCUT2D eigenvalue weighted by molar-refractivity contribution is -0.383. The highest BCUT2D eigenvalue weighted by molar-refractivity contribution is 5.83. The Morgan fingerprint density at radius 2 is 2.00 bits per heavy atom. The van der Waals surface area contributed by atoms with Crippen molar-refractivity contribution in [1.29, 1.82) is 0 Å². The minimum absolute atomic E-state index is 0.0795. The molecule has 2 unspecified atom stereocenters. The molecule has 2 aromatic heterocycles. The number of pyridine rings is 1. The lowest BCUT2D eigenvalue weighted by atomic mass is 9.52. The number of fused-ring (bicyclic) bond motifs is 1. The number of H-pyrrole nitrogens is 1. The van der Waals surface area contributed by atoms with Crippen LogP contribution in [0, 0.1) is 27.9 Å². The van der Waals surface area contributed by atoms with Crippen LogP contribution in [0.3, 0.4) is 0 Å². The fourth-order valence-corrected chi connectivity index (χ4v) is 5.86. The van der Waals surface area contributed by atoms with Gasteiger partial charge in [-0.2, -0.15) is 0 Å². The molecule has 8 nitrogen and oxygen atoms in total. The van der Waals surface area contributed by atoms with Gasteiger partial charge in [-0.25, -0.2) is 4.79 Å². The van der Waals surface area contributed by atoms with Gasteiger partial charge in [0.1, 0.15) is 6.20 Å². The summed E-state index contributed by atoms with van der Waals surface area (Å²) in [5.74, 6) is 0.915. The Bertz CT molecular complexity index is 900. The highest BCUT2D eigenvalue weighted by Crippen LogP contribution is 2.60. The van der Waals surface area contributed by atoms with Crippen molar-refractivity contribution in [3.8, 4) is 0 Å². The van der Waals surface area contributed by atoms with Crippen molar-refractivity contribution in [2.75, 3.05) is 0 Å². The van der Waals surface area contributed by atoms with Crippen molar-refractivity contribution >= 4 is 16.7 Å². The van der Waals surface area contributed by atoms with Crippen molar-refractivity contribution in [2.45, 2.75) is 43.7 Å². The number of nitro groups is 1. The van der Waals surface area contributed by atoms with Crippen LogP contribution >= 0.6 is 0 Å². The van der Waals surface area contributed by atoms with Crippen LogP contribution in [0.5, 0.6) is 0 Å². The van der Waals surface area contributed by atoms with Crippen molar-refractivity contribution < 1.29 is 10.0 Å². The molecule has 6 rings (SSSR count). The summed E-state index contributed by atoms with van der Waals surface area (Å²) in [4.78, 5) is 30.1. The van der Waals surface area contributed by atoms with E-state index in [1.807, 2.05) is 0 Å². The Hall–Kier alpha value is -2.22. The van der Waals surface area contributed by atoms with Crippen LogP contribution in [-0.4, -0.2) is 30.2 Å². The first-order chi connectivity index (χ1) is 11.5. The largest absolute Gasteiger partial charge is 0.390 e. The lowest BCUT2D eigenvalue weighted by Crippen LogP contribution is -2.55. The quantitative estimate of drug-likeness (QED) is 0.643. The van der Waals surface area contributed by atoms with Crippen LogP contribution in [0.15, 0.2) is 17.2 Å². The molecule has 2 heterocycles. The highest BCUT2D eigenvalue weighted by Gasteiger charge is 2.56. The summed E-state index contributed by atoms with van der Waals surface area (Å²) in [5.41, 5.74) is -0.314. The molecule has 2 atom stereocenters. The average Bonchev–Trinajstić information content (AvgIpc) is 2.81. The van der Waals surface area contributed by atoms with Crippen molar-refractivity contribution in [3.05, 3.63) is 33.0 Å². The summed E-state index contributed by atoms with van der Waals surface area (Å²) >= 11 is 0. The standard InChI is InChI=1S/C16H18N4O4/c21-15-18-11-6-17-7-12(20(23)24)14(11)19(15)13-9-1-8-2-10(13)5-16(22,3-8)4-9/h6-10,13,22H,1-5H2,(H,18,21). The van der Waals surface area contributed by atoms with Crippen molar-refractivity contribution in [2.24, 2.45) is 17.8 Å². The van der Waals surface area contributed by atoms with Gasteiger partial charge < -0.3 is 10.1 Å². The zero-order valence-electron chi connectivity index (χ0n) is 13.0. The molecule has 4 saturated carbocycles. The summed E-state index contributed by atoms with van der Waals surface area (Å²) in [5, 5.41) is 22.1. The molecule has 4 aliphatic carbocycles. The van der Waals surface area contributed by atoms with Crippen LogP contribution in [0.1, 0.15) is 38.1 Å². The number of rotatable bonds is 2. The van der Waals surface area contributed by atoms with Gasteiger partial charge in [0.2, 0.25) is 0 Å². The first-order valence-corrected chi connectivity index (χ1v) is 8.40. The second kappa shape index (κ2) is 4.44. The molecule has 4 bridgehead atoms. The third-order valence-corrected chi connectivity index (χ3v) is 6.29. The lowest BCUT2D eigenvalue weighted by Gasteiger charge is -2.58. The van der Waals surface area contributed by atoms with E-state index in [9.17, 15) is 20.0 Å².